The van der Waals surface area contributed by atoms with E-state index in [2.05, 4.69) is 38.8 Å². The first kappa shape index (κ1) is 14.1. The Labute approximate surface area is 127 Å². The predicted molar refractivity (Wildman–Crippen MR) is 81.4 cm³/mol. The maximum absolute atomic E-state index is 5.08. The van der Waals surface area contributed by atoms with Crippen LogP contribution in [0.4, 0.5) is 0 Å². The first-order valence-electron chi connectivity index (χ1n) is 6.70. The van der Waals surface area contributed by atoms with E-state index in [4.69, 9.17) is 4.74 Å². The Bertz CT molecular complexity index is 736. The minimum Gasteiger partial charge on any atom is -0.383 e. The second kappa shape index (κ2) is 6.28. The molecular weight excluding hydrogens is 286 g/mol. The van der Waals surface area contributed by atoms with Crippen molar-refractivity contribution in [1.82, 2.24) is 24.1 Å². The quantitative estimate of drug-likeness (QED) is 0.653. The third-order valence-electron chi connectivity index (χ3n) is 3.19. The molecule has 21 heavy (non-hydrogen) atoms. The Hall–Kier alpha value is -1.86. The first-order chi connectivity index (χ1) is 10.3. The summed E-state index contributed by atoms with van der Waals surface area (Å²) >= 11 is 1.64. The van der Waals surface area contributed by atoms with E-state index in [-0.39, 0.29) is 0 Å². The van der Waals surface area contributed by atoms with Crippen molar-refractivity contribution in [3.8, 4) is 0 Å². The SMILES string of the molecule is COCCn1cnnc1SCc1cn2cccc(C)c2n1. The van der Waals surface area contributed by atoms with Gasteiger partial charge in [0.15, 0.2) is 5.16 Å². The highest BCUT2D eigenvalue weighted by Crippen LogP contribution is 2.21. The molecule has 7 heteroatoms. The maximum atomic E-state index is 5.08. The second-order valence-corrected chi connectivity index (χ2v) is 5.69. The third-order valence-corrected chi connectivity index (χ3v) is 4.21. The summed E-state index contributed by atoms with van der Waals surface area (Å²) in [6.45, 7) is 3.48. The molecule has 3 heterocycles. The highest BCUT2D eigenvalue weighted by molar-refractivity contribution is 7.98. The number of aromatic nitrogens is 5. The summed E-state index contributed by atoms with van der Waals surface area (Å²) in [5.41, 5.74) is 3.22. The summed E-state index contributed by atoms with van der Waals surface area (Å²) in [6, 6.07) is 4.10. The Kier molecular flexibility index (Phi) is 4.21. The molecule has 3 aromatic rings. The topological polar surface area (TPSA) is 57.2 Å². The van der Waals surface area contributed by atoms with E-state index in [1.807, 2.05) is 16.8 Å². The highest BCUT2D eigenvalue weighted by atomic mass is 32.2. The summed E-state index contributed by atoms with van der Waals surface area (Å²) < 4.78 is 9.14. The Morgan fingerprint density at radius 2 is 2.29 bits per heavy atom. The number of hydrogen-bond donors (Lipinski definition) is 0. The molecule has 0 fully saturated rings. The van der Waals surface area contributed by atoms with Gasteiger partial charge in [0.05, 0.1) is 12.3 Å². The second-order valence-electron chi connectivity index (χ2n) is 4.74. The fourth-order valence-corrected chi connectivity index (χ4v) is 2.94. The van der Waals surface area contributed by atoms with Crippen molar-refractivity contribution in [2.24, 2.45) is 0 Å². The van der Waals surface area contributed by atoms with Crippen LogP contribution < -0.4 is 0 Å². The molecule has 0 aliphatic rings. The zero-order valence-corrected chi connectivity index (χ0v) is 12.9. The van der Waals surface area contributed by atoms with Crippen LogP contribution in [0.2, 0.25) is 0 Å². The lowest BCUT2D eigenvalue weighted by Gasteiger charge is -2.04. The first-order valence-corrected chi connectivity index (χ1v) is 7.69. The number of pyridine rings is 1. The van der Waals surface area contributed by atoms with Gasteiger partial charge < -0.3 is 13.7 Å². The Balaban J connectivity index is 1.72. The average molecular weight is 303 g/mol. The molecule has 0 spiro atoms. The van der Waals surface area contributed by atoms with Crippen LogP contribution in [0.1, 0.15) is 11.3 Å². The smallest absolute Gasteiger partial charge is 0.191 e. The van der Waals surface area contributed by atoms with Crippen LogP contribution in [-0.4, -0.2) is 37.9 Å². The van der Waals surface area contributed by atoms with Crippen molar-refractivity contribution in [1.29, 1.82) is 0 Å². The summed E-state index contributed by atoms with van der Waals surface area (Å²) in [6.07, 6.45) is 5.81. The van der Waals surface area contributed by atoms with Crippen molar-refractivity contribution in [3.63, 3.8) is 0 Å². The van der Waals surface area contributed by atoms with Crippen molar-refractivity contribution in [3.05, 3.63) is 42.1 Å². The molecule has 0 saturated heterocycles. The van der Waals surface area contributed by atoms with Gasteiger partial charge in [0.1, 0.15) is 12.0 Å². The number of methoxy groups -OCH3 is 1. The van der Waals surface area contributed by atoms with Gasteiger partial charge in [-0.15, -0.1) is 10.2 Å². The van der Waals surface area contributed by atoms with E-state index in [9.17, 15) is 0 Å². The Morgan fingerprint density at radius 3 is 3.10 bits per heavy atom. The number of ether oxygens (including phenoxy) is 1. The standard InChI is InChI=1S/C14H17N5OS/c1-11-4-3-5-18-8-12(16-13(11)18)9-21-14-17-15-10-19(14)6-7-20-2/h3-5,8,10H,6-7,9H2,1-2H3. The molecule has 6 nitrogen and oxygen atoms in total. The Morgan fingerprint density at radius 1 is 1.38 bits per heavy atom. The van der Waals surface area contributed by atoms with Crippen LogP contribution in [0.25, 0.3) is 5.65 Å². The molecule has 0 amide bonds. The number of imidazole rings is 1. The molecule has 0 aliphatic heterocycles. The number of hydrogen-bond acceptors (Lipinski definition) is 5. The minimum atomic E-state index is 0.652. The number of fused-ring (bicyclic) bond motifs is 1. The van der Waals surface area contributed by atoms with Crippen LogP contribution in [0.5, 0.6) is 0 Å². The predicted octanol–water partition coefficient (Wildman–Crippen LogP) is 2.17. The lowest BCUT2D eigenvalue weighted by atomic mass is 10.3. The van der Waals surface area contributed by atoms with Crippen molar-refractivity contribution < 1.29 is 4.74 Å². The van der Waals surface area contributed by atoms with Gasteiger partial charge >= 0.3 is 0 Å². The molecule has 3 aromatic heterocycles. The monoisotopic (exact) mass is 303 g/mol. The number of aryl methyl sites for hydroxylation is 1. The third kappa shape index (κ3) is 3.08. The molecular formula is C14H17N5OS. The molecule has 3 rings (SSSR count). The molecule has 0 radical (unpaired) electrons. The van der Waals surface area contributed by atoms with Gasteiger partial charge in [-0.05, 0) is 18.6 Å². The molecule has 0 aliphatic carbocycles. The zero-order chi connectivity index (χ0) is 14.7. The van der Waals surface area contributed by atoms with Crippen molar-refractivity contribution in [2.45, 2.75) is 24.4 Å². The van der Waals surface area contributed by atoms with Gasteiger partial charge in [0.2, 0.25) is 0 Å². The van der Waals surface area contributed by atoms with E-state index >= 15 is 0 Å². The number of rotatable bonds is 6. The van der Waals surface area contributed by atoms with E-state index in [0.717, 1.165) is 28.8 Å². The van der Waals surface area contributed by atoms with Gasteiger partial charge in [-0.1, -0.05) is 17.8 Å². The zero-order valence-electron chi connectivity index (χ0n) is 12.1. The van der Waals surface area contributed by atoms with Crippen LogP contribution in [-0.2, 0) is 17.0 Å². The molecule has 0 bridgehead atoms. The van der Waals surface area contributed by atoms with Gasteiger partial charge in [0.25, 0.3) is 0 Å². The summed E-state index contributed by atoms with van der Waals surface area (Å²) in [7, 11) is 1.69. The molecule has 0 aromatic carbocycles. The number of nitrogens with zero attached hydrogens (tertiary/aromatic N) is 5. The van der Waals surface area contributed by atoms with Crippen LogP contribution in [0.3, 0.4) is 0 Å². The highest BCUT2D eigenvalue weighted by Gasteiger charge is 2.08. The lowest BCUT2D eigenvalue weighted by molar-refractivity contribution is 0.184. The summed E-state index contributed by atoms with van der Waals surface area (Å²) in [4.78, 5) is 4.66. The molecule has 0 saturated carbocycles. The molecule has 0 atom stereocenters. The molecule has 0 unspecified atom stereocenters. The fourth-order valence-electron chi connectivity index (χ4n) is 2.11. The van der Waals surface area contributed by atoms with Crippen LogP contribution in [0.15, 0.2) is 36.0 Å². The minimum absolute atomic E-state index is 0.652. The largest absolute Gasteiger partial charge is 0.383 e. The van der Waals surface area contributed by atoms with Gasteiger partial charge in [-0.2, -0.15) is 0 Å². The van der Waals surface area contributed by atoms with E-state index in [0.29, 0.717) is 6.61 Å². The normalized spacial score (nSPS) is 11.3. The fraction of sp³-hybridized carbons (Fsp3) is 0.357. The van der Waals surface area contributed by atoms with Crippen molar-refractivity contribution in [2.75, 3.05) is 13.7 Å². The van der Waals surface area contributed by atoms with Gasteiger partial charge in [0, 0.05) is 31.8 Å². The van der Waals surface area contributed by atoms with Gasteiger partial charge in [-0.25, -0.2) is 4.98 Å². The number of thioether (sulfide) groups is 1. The molecule has 0 N–H and O–H groups in total. The summed E-state index contributed by atoms with van der Waals surface area (Å²) in [5.74, 6) is 0.771. The van der Waals surface area contributed by atoms with Crippen molar-refractivity contribution >= 4 is 17.4 Å². The average Bonchev–Trinajstić information content (AvgIpc) is 3.09. The van der Waals surface area contributed by atoms with E-state index < -0.39 is 0 Å². The van der Waals surface area contributed by atoms with E-state index in [1.54, 1.807) is 25.2 Å². The van der Waals surface area contributed by atoms with E-state index in [1.165, 1.54) is 5.56 Å². The summed E-state index contributed by atoms with van der Waals surface area (Å²) in [5, 5.41) is 8.99. The van der Waals surface area contributed by atoms with Crippen LogP contribution >= 0.6 is 11.8 Å². The van der Waals surface area contributed by atoms with Gasteiger partial charge in [-0.3, -0.25) is 0 Å². The van der Waals surface area contributed by atoms with Crippen LogP contribution in [0, 0.1) is 6.92 Å². The maximum Gasteiger partial charge on any atom is 0.191 e. The molecule has 110 valence electrons. The lowest BCUT2D eigenvalue weighted by Crippen LogP contribution is -2.04.